The maximum Gasteiger partial charge on any atom is 0.173 e. The van der Waals surface area contributed by atoms with E-state index in [2.05, 4.69) is 5.32 Å². The smallest absolute Gasteiger partial charge is 0.173 e. The van der Waals surface area contributed by atoms with Crippen LogP contribution in [-0.2, 0) is 0 Å². The summed E-state index contributed by atoms with van der Waals surface area (Å²) in [5.74, 6) is 1.53. The lowest BCUT2D eigenvalue weighted by Crippen LogP contribution is -2.45. The molecule has 0 saturated heterocycles. The number of nitrogens with zero attached hydrogens (tertiary/aromatic N) is 1. The number of hydrogen-bond donors (Lipinski definition) is 2. The molecular formula is C14H19N3O2S. The van der Waals surface area contributed by atoms with Gasteiger partial charge < -0.3 is 25.4 Å². The fourth-order valence-corrected chi connectivity index (χ4v) is 2.51. The number of methoxy groups -OCH3 is 2. The molecule has 1 heterocycles. The number of rotatable bonds is 5. The third-order valence-corrected chi connectivity index (χ3v) is 3.56. The molecule has 108 valence electrons. The monoisotopic (exact) mass is 293 g/mol. The number of thiocarbonyl (C=S) groups is 1. The lowest BCUT2D eigenvalue weighted by molar-refractivity contribution is 0.341. The summed E-state index contributed by atoms with van der Waals surface area (Å²) in [6.45, 7) is 1.21. The van der Waals surface area contributed by atoms with E-state index in [9.17, 15) is 0 Å². The van der Waals surface area contributed by atoms with Crippen LogP contribution in [0, 0.1) is 0 Å². The molecule has 1 aliphatic rings. The van der Waals surface area contributed by atoms with Crippen molar-refractivity contribution in [2.45, 2.75) is 6.04 Å². The zero-order valence-electron chi connectivity index (χ0n) is 11.6. The Labute approximate surface area is 124 Å². The second-order valence-electron chi connectivity index (χ2n) is 4.34. The fraction of sp³-hybridized carbons (Fsp3) is 0.357. The van der Waals surface area contributed by atoms with Gasteiger partial charge in [-0.05, 0) is 30.4 Å². The Balaban J connectivity index is 2.39. The van der Waals surface area contributed by atoms with Gasteiger partial charge in [-0.1, -0.05) is 0 Å². The van der Waals surface area contributed by atoms with Crippen molar-refractivity contribution in [2.24, 2.45) is 5.73 Å². The summed E-state index contributed by atoms with van der Waals surface area (Å²) in [5.41, 5.74) is 6.70. The number of hydrogen-bond acceptors (Lipinski definition) is 4. The van der Waals surface area contributed by atoms with E-state index in [1.807, 2.05) is 35.4 Å². The summed E-state index contributed by atoms with van der Waals surface area (Å²) in [5, 5.41) is 3.70. The van der Waals surface area contributed by atoms with Gasteiger partial charge in [0.15, 0.2) is 5.11 Å². The van der Waals surface area contributed by atoms with Crippen molar-refractivity contribution in [3.63, 3.8) is 0 Å². The lowest BCUT2D eigenvalue weighted by atomic mass is 10.0. The average Bonchev–Trinajstić information content (AvgIpc) is 2.49. The molecule has 1 aliphatic heterocycles. The molecule has 0 amide bonds. The minimum Gasteiger partial charge on any atom is -0.497 e. The van der Waals surface area contributed by atoms with Crippen molar-refractivity contribution >= 4 is 17.3 Å². The van der Waals surface area contributed by atoms with E-state index < -0.39 is 0 Å². The summed E-state index contributed by atoms with van der Waals surface area (Å²) in [6.07, 6.45) is 3.89. The molecule has 1 unspecified atom stereocenters. The molecule has 0 saturated carbocycles. The van der Waals surface area contributed by atoms with Crippen LogP contribution in [0.1, 0.15) is 11.6 Å². The highest BCUT2D eigenvalue weighted by Crippen LogP contribution is 2.34. The molecule has 20 heavy (non-hydrogen) atoms. The summed E-state index contributed by atoms with van der Waals surface area (Å²) in [6, 6.07) is 5.78. The summed E-state index contributed by atoms with van der Waals surface area (Å²) >= 11 is 5.34. The van der Waals surface area contributed by atoms with Crippen LogP contribution in [0.5, 0.6) is 11.5 Å². The lowest BCUT2D eigenvalue weighted by Gasteiger charge is -2.35. The molecule has 0 spiro atoms. The molecule has 0 aliphatic carbocycles. The molecule has 1 aromatic carbocycles. The highest BCUT2D eigenvalue weighted by Gasteiger charge is 2.25. The van der Waals surface area contributed by atoms with Crippen molar-refractivity contribution in [3.8, 4) is 11.5 Å². The minimum atomic E-state index is 0.00755. The normalized spacial score (nSPS) is 17.9. The summed E-state index contributed by atoms with van der Waals surface area (Å²) in [4.78, 5) is 2.04. The topological polar surface area (TPSA) is 59.8 Å². The standard InChI is InChI=1S/C14H19N3O2S/c1-18-10-3-4-11(13(9-10)19-2)12-5-7-16-14(20)17(12)8-6-15/h3-5,7,9,12H,6,8,15H2,1-2H3,(H,16,20). The highest BCUT2D eigenvalue weighted by molar-refractivity contribution is 7.80. The van der Waals surface area contributed by atoms with Gasteiger partial charge in [0, 0.05) is 30.9 Å². The van der Waals surface area contributed by atoms with Crippen molar-refractivity contribution < 1.29 is 9.47 Å². The molecule has 0 bridgehead atoms. The van der Waals surface area contributed by atoms with Crippen LogP contribution < -0.4 is 20.5 Å². The third-order valence-electron chi connectivity index (χ3n) is 3.21. The molecule has 3 N–H and O–H groups in total. The number of ether oxygens (including phenoxy) is 2. The van der Waals surface area contributed by atoms with Crippen LogP contribution in [0.15, 0.2) is 30.5 Å². The van der Waals surface area contributed by atoms with Crippen LogP contribution in [-0.4, -0.2) is 37.3 Å². The first kappa shape index (κ1) is 14.6. The summed E-state index contributed by atoms with van der Waals surface area (Å²) < 4.78 is 10.7. The molecule has 0 aromatic heterocycles. The van der Waals surface area contributed by atoms with Crippen LogP contribution >= 0.6 is 12.2 Å². The molecule has 1 atom stereocenters. The quantitative estimate of drug-likeness (QED) is 0.801. The predicted molar refractivity (Wildman–Crippen MR) is 82.9 cm³/mol. The highest BCUT2D eigenvalue weighted by atomic mass is 32.1. The van der Waals surface area contributed by atoms with Gasteiger partial charge in [0.25, 0.3) is 0 Å². The Kier molecular flexibility index (Phi) is 4.81. The summed E-state index contributed by atoms with van der Waals surface area (Å²) in [7, 11) is 3.28. The van der Waals surface area contributed by atoms with Gasteiger partial charge in [-0.2, -0.15) is 0 Å². The van der Waals surface area contributed by atoms with Gasteiger partial charge >= 0.3 is 0 Å². The molecule has 0 radical (unpaired) electrons. The molecular weight excluding hydrogens is 274 g/mol. The molecule has 5 nitrogen and oxygen atoms in total. The van der Waals surface area contributed by atoms with Gasteiger partial charge in [-0.25, -0.2) is 0 Å². The Morgan fingerprint density at radius 3 is 2.80 bits per heavy atom. The zero-order valence-corrected chi connectivity index (χ0v) is 12.4. The second kappa shape index (κ2) is 6.58. The Hall–Kier alpha value is -1.79. The SMILES string of the molecule is COc1ccc(C2C=CNC(=S)N2CCN)c(OC)c1. The average molecular weight is 293 g/mol. The Morgan fingerprint density at radius 2 is 2.15 bits per heavy atom. The van der Waals surface area contributed by atoms with Gasteiger partial charge in [-0.3, -0.25) is 0 Å². The number of benzene rings is 1. The maximum absolute atomic E-state index is 5.67. The van der Waals surface area contributed by atoms with E-state index in [-0.39, 0.29) is 6.04 Å². The van der Waals surface area contributed by atoms with Crippen molar-refractivity contribution in [1.82, 2.24) is 10.2 Å². The van der Waals surface area contributed by atoms with E-state index in [0.29, 0.717) is 18.2 Å². The maximum atomic E-state index is 5.67. The van der Waals surface area contributed by atoms with Gasteiger partial charge in [0.05, 0.1) is 20.3 Å². The number of nitrogens with one attached hydrogen (secondary N) is 1. The van der Waals surface area contributed by atoms with Crippen LogP contribution in [0.3, 0.4) is 0 Å². The molecule has 1 aromatic rings. The van der Waals surface area contributed by atoms with Crippen molar-refractivity contribution in [2.75, 3.05) is 27.3 Å². The van der Waals surface area contributed by atoms with Gasteiger partial charge in [-0.15, -0.1) is 0 Å². The van der Waals surface area contributed by atoms with E-state index in [1.54, 1.807) is 14.2 Å². The van der Waals surface area contributed by atoms with Crippen LogP contribution in [0.4, 0.5) is 0 Å². The molecule has 0 fully saturated rings. The van der Waals surface area contributed by atoms with E-state index in [1.165, 1.54) is 0 Å². The zero-order chi connectivity index (χ0) is 14.5. The molecule has 2 rings (SSSR count). The second-order valence-corrected chi connectivity index (χ2v) is 4.73. The van der Waals surface area contributed by atoms with E-state index in [4.69, 9.17) is 27.4 Å². The molecule has 6 heteroatoms. The van der Waals surface area contributed by atoms with Crippen LogP contribution in [0.25, 0.3) is 0 Å². The van der Waals surface area contributed by atoms with Crippen molar-refractivity contribution in [3.05, 3.63) is 36.0 Å². The first-order valence-electron chi connectivity index (χ1n) is 6.37. The Bertz CT molecular complexity index is 519. The number of nitrogens with two attached hydrogens (primary N) is 1. The fourth-order valence-electron chi connectivity index (χ4n) is 2.24. The van der Waals surface area contributed by atoms with Gasteiger partial charge in [0.1, 0.15) is 11.5 Å². The predicted octanol–water partition coefficient (Wildman–Crippen LogP) is 1.41. The minimum absolute atomic E-state index is 0.00755. The largest absolute Gasteiger partial charge is 0.497 e. The van der Waals surface area contributed by atoms with E-state index >= 15 is 0 Å². The third kappa shape index (κ3) is 2.86. The van der Waals surface area contributed by atoms with Crippen molar-refractivity contribution in [1.29, 1.82) is 0 Å². The van der Waals surface area contributed by atoms with Crippen LogP contribution in [0.2, 0.25) is 0 Å². The Morgan fingerprint density at radius 1 is 1.35 bits per heavy atom. The first-order chi connectivity index (χ1) is 9.71. The first-order valence-corrected chi connectivity index (χ1v) is 6.78. The van der Waals surface area contributed by atoms with E-state index in [0.717, 1.165) is 17.1 Å². The van der Waals surface area contributed by atoms with Gasteiger partial charge in [0.2, 0.25) is 0 Å².